The number of thioether (sulfide) groups is 1. The van der Waals surface area contributed by atoms with Gasteiger partial charge in [-0.05, 0) is 54.5 Å². The number of aryl methyl sites for hydroxylation is 1. The number of rotatable bonds is 6. The van der Waals surface area contributed by atoms with E-state index in [9.17, 15) is 14.4 Å². The van der Waals surface area contributed by atoms with E-state index in [1.54, 1.807) is 36.0 Å². The van der Waals surface area contributed by atoms with E-state index in [1.165, 1.54) is 5.56 Å². The van der Waals surface area contributed by atoms with E-state index in [1.807, 2.05) is 24.5 Å². The van der Waals surface area contributed by atoms with Gasteiger partial charge >= 0.3 is 0 Å². The summed E-state index contributed by atoms with van der Waals surface area (Å²) in [6, 6.07) is 14.0. The maximum Gasteiger partial charge on any atom is 0.262 e. The normalized spacial score (nSPS) is 18.8. The third kappa shape index (κ3) is 3.22. The van der Waals surface area contributed by atoms with Crippen molar-refractivity contribution < 1.29 is 14.4 Å². The Balaban J connectivity index is 1.58. The molecule has 28 heavy (non-hydrogen) atoms. The van der Waals surface area contributed by atoms with Gasteiger partial charge in [0.15, 0.2) is 0 Å². The van der Waals surface area contributed by atoms with Crippen LogP contribution in [0.1, 0.15) is 50.7 Å². The number of nitrogens with one attached hydrogen (secondary N) is 1. The van der Waals surface area contributed by atoms with E-state index in [0.29, 0.717) is 23.3 Å². The fourth-order valence-corrected chi connectivity index (χ4v) is 4.53. The van der Waals surface area contributed by atoms with Crippen molar-refractivity contribution in [1.82, 2.24) is 10.2 Å². The summed E-state index contributed by atoms with van der Waals surface area (Å²) in [4.78, 5) is 40.1. The number of fused-ring (bicyclic) bond motifs is 2. The maximum atomic E-state index is 13.2. The van der Waals surface area contributed by atoms with Crippen LogP contribution in [0.25, 0.3) is 0 Å². The maximum absolute atomic E-state index is 13.2. The summed E-state index contributed by atoms with van der Waals surface area (Å²) in [6.07, 6.45) is 4.14. The Labute approximate surface area is 168 Å². The quantitative estimate of drug-likeness (QED) is 0.764. The molecular weight excluding hydrogens is 372 g/mol. The molecule has 1 aliphatic heterocycles. The molecule has 0 radical (unpaired) electrons. The molecule has 2 aliphatic rings. The third-order valence-electron chi connectivity index (χ3n) is 5.48. The summed E-state index contributed by atoms with van der Waals surface area (Å²) in [7, 11) is 0. The average molecular weight is 394 g/mol. The number of imide groups is 1. The van der Waals surface area contributed by atoms with Crippen molar-refractivity contribution >= 4 is 29.5 Å². The highest BCUT2D eigenvalue weighted by molar-refractivity contribution is 7.98. The first kappa shape index (κ1) is 18.7. The first-order valence-electron chi connectivity index (χ1n) is 9.46. The molecule has 0 aromatic heterocycles. The molecule has 1 heterocycles. The van der Waals surface area contributed by atoms with Crippen LogP contribution in [0.2, 0.25) is 0 Å². The summed E-state index contributed by atoms with van der Waals surface area (Å²) in [5.41, 5.74) is 3.12. The molecule has 2 atom stereocenters. The number of hydrogen-bond acceptors (Lipinski definition) is 4. The second-order valence-electron chi connectivity index (χ2n) is 7.12. The zero-order chi connectivity index (χ0) is 19.7. The Hall–Kier alpha value is -2.60. The van der Waals surface area contributed by atoms with Gasteiger partial charge in [-0.25, -0.2) is 0 Å². The molecule has 0 fully saturated rings. The molecular formula is C22H22N2O3S. The van der Waals surface area contributed by atoms with Crippen LogP contribution in [0.3, 0.4) is 0 Å². The average Bonchev–Trinajstić information content (AvgIpc) is 3.23. The third-order valence-corrected chi connectivity index (χ3v) is 6.13. The van der Waals surface area contributed by atoms with Gasteiger partial charge in [0.1, 0.15) is 6.04 Å². The first-order chi connectivity index (χ1) is 13.6. The Morgan fingerprint density at radius 1 is 1.11 bits per heavy atom. The van der Waals surface area contributed by atoms with Crippen molar-refractivity contribution in [3.63, 3.8) is 0 Å². The van der Waals surface area contributed by atoms with Crippen LogP contribution >= 0.6 is 11.8 Å². The van der Waals surface area contributed by atoms with E-state index >= 15 is 0 Å². The molecule has 3 amide bonds. The minimum atomic E-state index is -0.799. The zero-order valence-corrected chi connectivity index (χ0v) is 16.5. The molecule has 6 heteroatoms. The van der Waals surface area contributed by atoms with Gasteiger partial charge in [-0.3, -0.25) is 19.3 Å². The first-order valence-corrected chi connectivity index (χ1v) is 10.8. The lowest BCUT2D eigenvalue weighted by molar-refractivity contribution is -0.125. The number of carbonyl (C=O) groups excluding carboxylic acids is 3. The van der Waals surface area contributed by atoms with E-state index in [-0.39, 0.29) is 23.8 Å². The highest BCUT2D eigenvalue weighted by atomic mass is 32.2. The summed E-state index contributed by atoms with van der Waals surface area (Å²) < 4.78 is 0. The number of nitrogens with zero attached hydrogens (tertiary/aromatic N) is 1. The van der Waals surface area contributed by atoms with Crippen molar-refractivity contribution in [2.45, 2.75) is 31.3 Å². The lowest BCUT2D eigenvalue weighted by Gasteiger charge is -2.27. The van der Waals surface area contributed by atoms with Crippen LogP contribution in [-0.4, -0.2) is 40.7 Å². The van der Waals surface area contributed by atoms with E-state index in [0.717, 1.165) is 23.3 Å². The second-order valence-corrected chi connectivity index (χ2v) is 8.11. The van der Waals surface area contributed by atoms with E-state index in [4.69, 9.17) is 0 Å². The van der Waals surface area contributed by atoms with Crippen LogP contribution in [-0.2, 0) is 11.2 Å². The molecule has 4 rings (SSSR count). The fourth-order valence-electron chi connectivity index (χ4n) is 4.07. The predicted octanol–water partition coefficient (Wildman–Crippen LogP) is 3.21. The molecule has 0 spiro atoms. The van der Waals surface area contributed by atoms with Crippen molar-refractivity contribution in [3.8, 4) is 0 Å². The van der Waals surface area contributed by atoms with Crippen molar-refractivity contribution in [2.75, 3.05) is 12.0 Å². The molecule has 0 saturated carbocycles. The Bertz CT molecular complexity index is 908. The van der Waals surface area contributed by atoms with Crippen molar-refractivity contribution in [1.29, 1.82) is 0 Å². The number of hydrogen-bond donors (Lipinski definition) is 1. The molecule has 0 saturated heterocycles. The van der Waals surface area contributed by atoms with E-state index < -0.39 is 6.04 Å². The molecule has 5 nitrogen and oxygen atoms in total. The number of benzene rings is 2. The minimum Gasteiger partial charge on any atom is -0.347 e. The smallest absolute Gasteiger partial charge is 0.262 e. The molecule has 0 bridgehead atoms. The summed E-state index contributed by atoms with van der Waals surface area (Å²) >= 11 is 1.59. The topological polar surface area (TPSA) is 66.5 Å². The van der Waals surface area contributed by atoms with Crippen molar-refractivity contribution in [3.05, 3.63) is 70.8 Å². The number of carbonyl (C=O) groups is 3. The Morgan fingerprint density at radius 2 is 1.75 bits per heavy atom. The molecule has 2 aromatic rings. The number of amides is 3. The van der Waals surface area contributed by atoms with Crippen LogP contribution in [0.15, 0.2) is 48.5 Å². The SMILES string of the molecule is CSCC[C@H](C(=O)N[C@@H]1CCc2ccccc21)N1C(=O)c2ccccc2C1=O. The van der Waals surface area contributed by atoms with Gasteiger partial charge in [-0.2, -0.15) is 11.8 Å². The molecule has 144 valence electrons. The van der Waals surface area contributed by atoms with Crippen LogP contribution < -0.4 is 5.32 Å². The van der Waals surface area contributed by atoms with E-state index in [2.05, 4.69) is 11.4 Å². The van der Waals surface area contributed by atoms with Crippen LogP contribution in [0.5, 0.6) is 0 Å². The summed E-state index contributed by atoms with van der Waals surface area (Å²) in [5.74, 6) is -0.333. The Kier molecular flexibility index (Phi) is 5.22. The lowest BCUT2D eigenvalue weighted by Crippen LogP contribution is -2.50. The molecule has 1 aliphatic carbocycles. The van der Waals surface area contributed by atoms with Crippen molar-refractivity contribution in [2.24, 2.45) is 0 Å². The van der Waals surface area contributed by atoms with Gasteiger partial charge in [0.25, 0.3) is 11.8 Å². The minimum absolute atomic E-state index is 0.0735. The van der Waals surface area contributed by atoms with Crippen LogP contribution in [0, 0.1) is 0 Å². The lowest BCUT2D eigenvalue weighted by atomic mass is 10.1. The van der Waals surface area contributed by atoms with Gasteiger partial charge in [0.05, 0.1) is 17.2 Å². The zero-order valence-electron chi connectivity index (χ0n) is 15.7. The molecule has 0 unspecified atom stereocenters. The summed E-state index contributed by atoms with van der Waals surface area (Å²) in [6.45, 7) is 0. The highest BCUT2D eigenvalue weighted by Gasteiger charge is 2.43. The standard InChI is InChI=1S/C22H22N2O3S/c1-28-13-12-19(24-21(26)16-8-4-5-9-17(16)22(24)27)20(25)23-18-11-10-14-6-2-3-7-15(14)18/h2-9,18-19H,10-13H2,1H3,(H,23,25)/t18-,19-/m1/s1. The molecule has 1 N–H and O–H groups in total. The van der Waals surface area contributed by atoms with Crippen LogP contribution in [0.4, 0.5) is 0 Å². The fraction of sp³-hybridized carbons (Fsp3) is 0.318. The van der Waals surface area contributed by atoms with Gasteiger partial charge in [0.2, 0.25) is 5.91 Å². The van der Waals surface area contributed by atoms with Gasteiger partial charge in [-0.15, -0.1) is 0 Å². The van der Waals surface area contributed by atoms with Gasteiger partial charge < -0.3 is 5.32 Å². The van der Waals surface area contributed by atoms with Gasteiger partial charge in [0, 0.05) is 0 Å². The molecule has 2 aromatic carbocycles. The monoisotopic (exact) mass is 394 g/mol. The second kappa shape index (κ2) is 7.80. The predicted molar refractivity (Wildman–Crippen MR) is 109 cm³/mol. The highest BCUT2D eigenvalue weighted by Crippen LogP contribution is 2.32. The van der Waals surface area contributed by atoms with Gasteiger partial charge in [-0.1, -0.05) is 36.4 Å². The Morgan fingerprint density at radius 3 is 2.43 bits per heavy atom. The largest absolute Gasteiger partial charge is 0.347 e. The summed E-state index contributed by atoms with van der Waals surface area (Å²) in [5, 5.41) is 3.09.